The molecule has 0 aromatic heterocycles. The smallest absolute Gasteiger partial charge is 0.274 e. The Labute approximate surface area is 121 Å². The molecule has 8 heteroatoms. The van der Waals surface area contributed by atoms with Crippen LogP contribution in [0.15, 0.2) is 47.4 Å². The number of nitrogens with two attached hydrogens (primary N) is 1. The summed E-state index contributed by atoms with van der Waals surface area (Å²) in [5.41, 5.74) is 6.14. The number of sulfonamides is 1. The van der Waals surface area contributed by atoms with Crippen LogP contribution in [-0.4, -0.2) is 13.3 Å². The van der Waals surface area contributed by atoms with E-state index >= 15 is 0 Å². The van der Waals surface area contributed by atoms with Gasteiger partial charge < -0.3 is 5.73 Å². The summed E-state index contributed by atoms with van der Waals surface area (Å²) in [5, 5.41) is 10.9. The van der Waals surface area contributed by atoms with Crippen molar-refractivity contribution in [1.29, 1.82) is 0 Å². The summed E-state index contributed by atoms with van der Waals surface area (Å²) < 4.78 is 26.7. The second-order valence-corrected chi connectivity index (χ2v) is 6.05. The zero-order valence-corrected chi connectivity index (χ0v) is 11.9. The molecule has 0 aliphatic heterocycles. The molecule has 21 heavy (non-hydrogen) atoms. The van der Waals surface area contributed by atoms with Crippen molar-refractivity contribution in [2.45, 2.75) is 11.8 Å². The maximum Gasteiger partial charge on any atom is 0.274 e. The van der Waals surface area contributed by atoms with Gasteiger partial charge in [-0.1, -0.05) is 18.2 Å². The SMILES string of the molecule is Cc1ccc(NS(=O)(=O)c2ccccc2N)cc1[N+](=O)[O-]. The Morgan fingerprint density at radius 1 is 1.19 bits per heavy atom. The molecule has 7 nitrogen and oxygen atoms in total. The second kappa shape index (κ2) is 5.41. The van der Waals surface area contributed by atoms with Gasteiger partial charge in [0.1, 0.15) is 4.90 Å². The van der Waals surface area contributed by atoms with Crippen LogP contribution in [0.25, 0.3) is 0 Å². The number of nitrogens with one attached hydrogen (secondary N) is 1. The monoisotopic (exact) mass is 307 g/mol. The van der Waals surface area contributed by atoms with Crippen LogP contribution in [0.4, 0.5) is 17.1 Å². The molecule has 0 aliphatic carbocycles. The Kier molecular flexibility index (Phi) is 3.81. The van der Waals surface area contributed by atoms with Crippen molar-refractivity contribution in [3.8, 4) is 0 Å². The molecule has 0 fully saturated rings. The lowest BCUT2D eigenvalue weighted by Gasteiger charge is -2.10. The summed E-state index contributed by atoms with van der Waals surface area (Å²) in [6.45, 7) is 1.57. The van der Waals surface area contributed by atoms with Crippen molar-refractivity contribution >= 4 is 27.1 Å². The Hall–Kier alpha value is -2.61. The van der Waals surface area contributed by atoms with Gasteiger partial charge in [-0.2, -0.15) is 0 Å². The van der Waals surface area contributed by atoms with Crippen LogP contribution >= 0.6 is 0 Å². The molecule has 0 heterocycles. The average molecular weight is 307 g/mol. The molecular weight excluding hydrogens is 294 g/mol. The number of benzene rings is 2. The molecule has 2 rings (SSSR count). The predicted molar refractivity (Wildman–Crippen MR) is 79.5 cm³/mol. The highest BCUT2D eigenvalue weighted by Gasteiger charge is 2.19. The number of anilines is 2. The van der Waals surface area contributed by atoms with Gasteiger partial charge in [0.05, 0.1) is 16.3 Å². The highest BCUT2D eigenvalue weighted by atomic mass is 32.2. The van der Waals surface area contributed by atoms with Crippen LogP contribution in [0.3, 0.4) is 0 Å². The molecule has 0 radical (unpaired) electrons. The number of nitrogen functional groups attached to an aromatic ring is 1. The van der Waals surface area contributed by atoms with Crippen molar-refractivity contribution < 1.29 is 13.3 Å². The summed E-state index contributed by atoms with van der Waals surface area (Å²) in [5.74, 6) is 0. The average Bonchev–Trinajstić information content (AvgIpc) is 2.40. The van der Waals surface area contributed by atoms with E-state index < -0.39 is 14.9 Å². The number of hydrogen-bond donors (Lipinski definition) is 2. The molecule has 3 N–H and O–H groups in total. The van der Waals surface area contributed by atoms with E-state index in [0.717, 1.165) is 0 Å². The van der Waals surface area contributed by atoms with Gasteiger partial charge in [-0.25, -0.2) is 8.42 Å². The standard InChI is InChI=1S/C13H13N3O4S/c1-9-6-7-10(8-12(9)16(17)18)15-21(19,20)13-5-3-2-4-11(13)14/h2-8,15H,14H2,1H3. The lowest BCUT2D eigenvalue weighted by molar-refractivity contribution is -0.385. The highest BCUT2D eigenvalue weighted by Crippen LogP contribution is 2.25. The van der Waals surface area contributed by atoms with Gasteiger partial charge in [-0.05, 0) is 25.1 Å². The third-order valence-electron chi connectivity index (χ3n) is 2.87. The Bertz CT molecular complexity index is 803. The van der Waals surface area contributed by atoms with Gasteiger partial charge >= 0.3 is 0 Å². The first-order chi connectivity index (χ1) is 9.81. The van der Waals surface area contributed by atoms with Gasteiger partial charge in [0, 0.05) is 11.6 Å². The normalized spacial score (nSPS) is 11.1. The number of para-hydroxylation sites is 1. The summed E-state index contributed by atoms with van der Waals surface area (Å²) >= 11 is 0. The minimum atomic E-state index is -3.90. The van der Waals surface area contributed by atoms with E-state index in [0.29, 0.717) is 5.56 Å². The largest absolute Gasteiger partial charge is 0.398 e. The fraction of sp³-hybridized carbons (Fsp3) is 0.0769. The fourth-order valence-electron chi connectivity index (χ4n) is 1.80. The van der Waals surface area contributed by atoms with Crippen LogP contribution < -0.4 is 10.5 Å². The first-order valence-electron chi connectivity index (χ1n) is 5.93. The number of rotatable bonds is 4. The molecule has 0 aliphatic rings. The van der Waals surface area contributed by atoms with E-state index in [1.54, 1.807) is 19.1 Å². The molecule has 0 unspecified atom stereocenters. The van der Waals surface area contributed by atoms with Crippen molar-refractivity contribution in [3.05, 3.63) is 58.1 Å². The Balaban J connectivity index is 2.40. The fourth-order valence-corrected chi connectivity index (χ4v) is 2.99. The van der Waals surface area contributed by atoms with E-state index in [1.165, 1.54) is 30.3 Å². The lowest BCUT2D eigenvalue weighted by Crippen LogP contribution is -2.14. The quantitative estimate of drug-likeness (QED) is 0.511. The van der Waals surface area contributed by atoms with Crippen LogP contribution in [0, 0.1) is 17.0 Å². The molecule has 0 saturated heterocycles. The molecule has 0 atom stereocenters. The minimum absolute atomic E-state index is 0.0757. The molecule has 110 valence electrons. The zero-order valence-electron chi connectivity index (χ0n) is 11.1. The summed E-state index contributed by atoms with van der Waals surface area (Å²) in [4.78, 5) is 10.2. The van der Waals surface area contributed by atoms with E-state index in [2.05, 4.69) is 4.72 Å². The van der Waals surface area contributed by atoms with Crippen molar-refractivity contribution in [1.82, 2.24) is 0 Å². The van der Waals surface area contributed by atoms with Gasteiger partial charge in [-0.3, -0.25) is 14.8 Å². The van der Waals surface area contributed by atoms with Gasteiger partial charge in [0.2, 0.25) is 0 Å². The number of nitro groups is 1. The summed E-state index contributed by atoms with van der Waals surface area (Å²) in [7, 11) is -3.90. The first kappa shape index (κ1) is 14.8. The highest BCUT2D eigenvalue weighted by molar-refractivity contribution is 7.92. The third kappa shape index (κ3) is 3.11. The number of nitrogens with zero attached hydrogens (tertiary/aromatic N) is 1. The van der Waals surface area contributed by atoms with Gasteiger partial charge in [0.25, 0.3) is 15.7 Å². The van der Waals surface area contributed by atoms with E-state index in [-0.39, 0.29) is 22.0 Å². The number of nitro benzene ring substituents is 1. The number of hydrogen-bond acceptors (Lipinski definition) is 5. The molecular formula is C13H13N3O4S. The lowest BCUT2D eigenvalue weighted by atomic mass is 10.2. The van der Waals surface area contributed by atoms with E-state index in [4.69, 9.17) is 5.73 Å². The Morgan fingerprint density at radius 2 is 1.86 bits per heavy atom. The van der Waals surface area contributed by atoms with Crippen LogP contribution in [0.1, 0.15) is 5.56 Å². The van der Waals surface area contributed by atoms with Crippen LogP contribution in [-0.2, 0) is 10.0 Å². The third-order valence-corrected chi connectivity index (χ3v) is 4.32. The molecule has 0 bridgehead atoms. The second-order valence-electron chi connectivity index (χ2n) is 4.40. The number of aryl methyl sites for hydroxylation is 1. The topological polar surface area (TPSA) is 115 Å². The maximum absolute atomic E-state index is 12.2. The molecule has 0 saturated carbocycles. The zero-order chi connectivity index (χ0) is 15.6. The van der Waals surface area contributed by atoms with Crippen LogP contribution in [0.5, 0.6) is 0 Å². The van der Waals surface area contributed by atoms with Crippen LogP contribution in [0.2, 0.25) is 0 Å². The summed E-state index contributed by atoms with van der Waals surface area (Å²) in [6.07, 6.45) is 0. The molecule has 0 amide bonds. The van der Waals surface area contributed by atoms with E-state index in [9.17, 15) is 18.5 Å². The van der Waals surface area contributed by atoms with Crippen molar-refractivity contribution in [2.24, 2.45) is 0 Å². The first-order valence-corrected chi connectivity index (χ1v) is 7.42. The summed E-state index contributed by atoms with van der Waals surface area (Å²) in [6, 6.07) is 10.1. The van der Waals surface area contributed by atoms with Crippen molar-refractivity contribution in [3.63, 3.8) is 0 Å². The van der Waals surface area contributed by atoms with Gasteiger partial charge in [0.15, 0.2) is 0 Å². The van der Waals surface area contributed by atoms with Crippen molar-refractivity contribution in [2.75, 3.05) is 10.5 Å². The molecule has 2 aromatic rings. The van der Waals surface area contributed by atoms with Gasteiger partial charge in [-0.15, -0.1) is 0 Å². The molecule has 0 spiro atoms. The van der Waals surface area contributed by atoms with E-state index in [1.807, 2.05) is 0 Å². The predicted octanol–water partition coefficient (Wildman–Crippen LogP) is 2.29. The minimum Gasteiger partial charge on any atom is -0.398 e. The maximum atomic E-state index is 12.2. The molecule has 2 aromatic carbocycles. The Morgan fingerprint density at radius 3 is 2.48 bits per heavy atom.